The smallest absolute Gasteiger partial charge is 0.161 e. The van der Waals surface area contributed by atoms with E-state index in [0.29, 0.717) is 27.8 Å². The summed E-state index contributed by atoms with van der Waals surface area (Å²) in [6.45, 7) is 0. The van der Waals surface area contributed by atoms with E-state index >= 15 is 0 Å². The molecule has 3 aromatic carbocycles. The van der Waals surface area contributed by atoms with Crippen molar-refractivity contribution in [2.24, 2.45) is 0 Å². The molecule has 1 aromatic heterocycles. The van der Waals surface area contributed by atoms with E-state index in [1.807, 2.05) is 42.5 Å². The molecule has 0 saturated heterocycles. The van der Waals surface area contributed by atoms with Crippen molar-refractivity contribution in [1.82, 2.24) is 4.98 Å². The zero-order valence-corrected chi connectivity index (χ0v) is 17.4. The molecule has 3 nitrogen and oxygen atoms in total. The number of hydrogen-bond donors (Lipinski definition) is 0. The minimum absolute atomic E-state index is 0. The molecule has 0 atom stereocenters. The summed E-state index contributed by atoms with van der Waals surface area (Å²) >= 11 is 6.20. The quantitative estimate of drug-likeness (QED) is 0.357. The maximum atomic E-state index is 14.6. The Morgan fingerprint density at radius 1 is 0.828 bits per heavy atom. The van der Waals surface area contributed by atoms with Gasteiger partial charge in [-0.05, 0) is 54.1 Å². The third-order valence-corrected chi connectivity index (χ3v) is 4.85. The lowest BCUT2D eigenvalue weighted by Gasteiger charge is -2.13. The van der Waals surface area contributed by atoms with Crippen LogP contribution in [0.1, 0.15) is 0 Å². The van der Waals surface area contributed by atoms with E-state index in [0.717, 1.165) is 22.0 Å². The number of benzene rings is 3. The van der Waals surface area contributed by atoms with Crippen molar-refractivity contribution in [2.75, 3.05) is 14.2 Å². The number of fused-ring (bicyclic) bond motifs is 1. The molecule has 29 heavy (non-hydrogen) atoms. The molecule has 0 amide bonds. The van der Waals surface area contributed by atoms with Crippen molar-refractivity contribution in [3.05, 3.63) is 77.6 Å². The molecule has 0 N–H and O–H groups in total. The monoisotopic (exact) mass is 429 g/mol. The van der Waals surface area contributed by atoms with Crippen LogP contribution >= 0.6 is 24.0 Å². The van der Waals surface area contributed by atoms with Gasteiger partial charge in [0, 0.05) is 21.5 Å². The molecule has 0 aliphatic carbocycles. The zero-order chi connectivity index (χ0) is 19.7. The minimum Gasteiger partial charge on any atom is -0.493 e. The molecule has 0 saturated carbocycles. The number of aromatic nitrogens is 1. The second-order valence-corrected chi connectivity index (χ2v) is 6.70. The van der Waals surface area contributed by atoms with E-state index in [4.69, 9.17) is 26.1 Å². The first kappa shape index (κ1) is 20.9. The standard InChI is InChI=1S/C23H17ClFNO2.ClH/c1-27-22-10-7-14(11-23(22)28-2)21-13-17(16-5-3-4-6-19(16)25)18-12-15(24)8-9-20(18)26-21;/h3-13H,1-2H3;1H. The van der Waals surface area contributed by atoms with Crippen LogP contribution in [0.2, 0.25) is 5.02 Å². The predicted octanol–water partition coefficient (Wildman–Crippen LogP) is 6.80. The molecule has 4 rings (SSSR count). The Morgan fingerprint density at radius 2 is 1.59 bits per heavy atom. The summed E-state index contributed by atoms with van der Waals surface area (Å²) in [5.41, 5.74) is 3.50. The van der Waals surface area contributed by atoms with Gasteiger partial charge in [-0.1, -0.05) is 29.8 Å². The van der Waals surface area contributed by atoms with Crippen LogP contribution in [0.15, 0.2) is 66.7 Å². The second kappa shape index (κ2) is 8.68. The minimum atomic E-state index is -0.298. The van der Waals surface area contributed by atoms with Gasteiger partial charge >= 0.3 is 0 Å². The lowest BCUT2D eigenvalue weighted by molar-refractivity contribution is 0.355. The average Bonchev–Trinajstić information content (AvgIpc) is 2.73. The number of halogens is 3. The Morgan fingerprint density at radius 3 is 2.31 bits per heavy atom. The molecule has 0 aliphatic heterocycles. The summed E-state index contributed by atoms with van der Waals surface area (Å²) in [7, 11) is 3.17. The van der Waals surface area contributed by atoms with Crippen LogP contribution in [0, 0.1) is 5.82 Å². The summed E-state index contributed by atoms with van der Waals surface area (Å²) in [5, 5.41) is 1.37. The Balaban J connectivity index is 0.00000240. The number of pyridine rings is 1. The van der Waals surface area contributed by atoms with E-state index in [1.165, 1.54) is 6.07 Å². The first-order chi connectivity index (χ1) is 13.6. The fourth-order valence-corrected chi connectivity index (χ4v) is 3.42. The second-order valence-electron chi connectivity index (χ2n) is 6.27. The van der Waals surface area contributed by atoms with Crippen LogP contribution in [0.3, 0.4) is 0 Å². The largest absolute Gasteiger partial charge is 0.493 e. The summed E-state index contributed by atoms with van der Waals surface area (Å²) in [4.78, 5) is 4.76. The molecule has 0 spiro atoms. The van der Waals surface area contributed by atoms with E-state index in [-0.39, 0.29) is 18.2 Å². The third kappa shape index (κ3) is 4.00. The molecular weight excluding hydrogens is 412 g/mol. The molecule has 0 fully saturated rings. The third-order valence-electron chi connectivity index (χ3n) is 4.61. The van der Waals surface area contributed by atoms with Gasteiger partial charge in [-0.3, -0.25) is 0 Å². The SMILES string of the molecule is COc1ccc(-c2cc(-c3ccccc3F)c3cc(Cl)ccc3n2)cc1OC.Cl. The molecule has 148 valence electrons. The highest BCUT2D eigenvalue weighted by Crippen LogP contribution is 2.37. The fraction of sp³-hybridized carbons (Fsp3) is 0.0870. The Kier molecular flexibility index (Phi) is 6.26. The van der Waals surface area contributed by atoms with Crippen LogP contribution in [0.5, 0.6) is 11.5 Å². The van der Waals surface area contributed by atoms with E-state index in [9.17, 15) is 4.39 Å². The summed E-state index contributed by atoms with van der Waals surface area (Å²) in [6, 6.07) is 19.6. The molecule has 0 bridgehead atoms. The van der Waals surface area contributed by atoms with Gasteiger partial charge in [0.15, 0.2) is 11.5 Å². The van der Waals surface area contributed by atoms with Crippen LogP contribution in [-0.2, 0) is 0 Å². The number of ether oxygens (including phenoxy) is 2. The fourth-order valence-electron chi connectivity index (χ4n) is 3.24. The van der Waals surface area contributed by atoms with Gasteiger partial charge in [-0.15, -0.1) is 12.4 Å². The van der Waals surface area contributed by atoms with Gasteiger partial charge in [0.2, 0.25) is 0 Å². The van der Waals surface area contributed by atoms with E-state index in [1.54, 1.807) is 32.4 Å². The Labute approximate surface area is 179 Å². The molecule has 1 heterocycles. The molecule has 6 heteroatoms. The van der Waals surface area contributed by atoms with E-state index in [2.05, 4.69) is 0 Å². The van der Waals surface area contributed by atoms with Crippen molar-refractivity contribution in [3.63, 3.8) is 0 Å². The van der Waals surface area contributed by atoms with Crippen molar-refractivity contribution in [3.8, 4) is 33.9 Å². The molecule has 0 unspecified atom stereocenters. The highest BCUT2D eigenvalue weighted by molar-refractivity contribution is 6.31. The highest BCUT2D eigenvalue weighted by Gasteiger charge is 2.14. The van der Waals surface area contributed by atoms with Gasteiger partial charge in [0.05, 0.1) is 25.4 Å². The molecule has 0 aliphatic rings. The van der Waals surface area contributed by atoms with Crippen molar-refractivity contribution in [2.45, 2.75) is 0 Å². The van der Waals surface area contributed by atoms with Gasteiger partial charge in [0.25, 0.3) is 0 Å². The highest BCUT2D eigenvalue weighted by atomic mass is 35.5. The maximum Gasteiger partial charge on any atom is 0.161 e. The normalized spacial score (nSPS) is 10.5. The van der Waals surface area contributed by atoms with Crippen LogP contribution < -0.4 is 9.47 Å². The Bertz CT molecular complexity index is 1180. The summed E-state index contributed by atoms with van der Waals surface area (Å²) in [5.74, 6) is 0.937. The molecule has 4 aromatic rings. The lowest BCUT2D eigenvalue weighted by Crippen LogP contribution is -1.94. The van der Waals surface area contributed by atoms with Crippen molar-refractivity contribution < 1.29 is 13.9 Å². The first-order valence-corrected chi connectivity index (χ1v) is 9.06. The van der Waals surface area contributed by atoms with Crippen LogP contribution in [0.25, 0.3) is 33.3 Å². The van der Waals surface area contributed by atoms with Gasteiger partial charge in [0.1, 0.15) is 5.82 Å². The topological polar surface area (TPSA) is 31.4 Å². The summed E-state index contributed by atoms with van der Waals surface area (Å²) < 4.78 is 25.3. The number of methoxy groups -OCH3 is 2. The maximum absolute atomic E-state index is 14.6. The molecular formula is C23H18Cl2FNO2. The Hall–Kier alpha value is -2.82. The summed E-state index contributed by atoms with van der Waals surface area (Å²) in [6.07, 6.45) is 0. The first-order valence-electron chi connectivity index (χ1n) is 8.68. The average molecular weight is 430 g/mol. The van der Waals surface area contributed by atoms with Gasteiger partial charge in [-0.2, -0.15) is 0 Å². The number of rotatable bonds is 4. The van der Waals surface area contributed by atoms with Gasteiger partial charge in [-0.25, -0.2) is 9.37 Å². The van der Waals surface area contributed by atoms with Gasteiger partial charge < -0.3 is 9.47 Å². The van der Waals surface area contributed by atoms with E-state index < -0.39 is 0 Å². The number of hydrogen-bond acceptors (Lipinski definition) is 3. The number of nitrogens with zero attached hydrogens (tertiary/aromatic N) is 1. The van der Waals surface area contributed by atoms with Crippen LogP contribution in [0.4, 0.5) is 4.39 Å². The van der Waals surface area contributed by atoms with Crippen molar-refractivity contribution in [1.29, 1.82) is 0 Å². The predicted molar refractivity (Wildman–Crippen MR) is 118 cm³/mol. The van der Waals surface area contributed by atoms with Crippen LogP contribution in [-0.4, -0.2) is 19.2 Å². The lowest BCUT2D eigenvalue weighted by atomic mass is 9.98. The van der Waals surface area contributed by atoms with Crippen molar-refractivity contribution >= 4 is 34.9 Å². The molecule has 0 radical (unpaired) electrons. The zero-order valence-electron chi connectivity index (χ0n) is 15.8.